The fourth-order valence-electron chi connectivity index (χ4n) is 2.15. The van der Waals surface area contributed by atoms with Crippen molar-refractivity contribution in [3.8, 4) is 0 Å². The molecule has 0 aliphatic rings. The molecule has 0 bridgehead atoms. The van der Waals surface area contributed by atoms with Gasteiger partial charge in [-0.05, 0) is 17.2 Å². The first-order valence-corrected chi connectivity index (χ1v) is 7.01. The molecule has 2 rings (SSSR count). The number of aliphatic hydroxyl groups excluding tert-OH is 1. The van der Waals surface area contributed by atoms with E-state index in [1.54, 1.807) is 7.11 Å². The topological polar surface area (TPSA) is 29.5 Å². The maximum absolute atomic E-state index is 10.4. The fraction of sp³-hybridized carbons (Fsp3) is 0.250. The Bertz CT molecular complexity index is 513. The summed E-state index contributed by atoms with van der Waals surface area (Å²) in [6.45, 7) is 0. The smallest absolute Gasteiger partial charge is 0.108 e. The van der Waals surface area contributed by atoms with Gasteiger partial charge in [-0.25, -0.2) is 0 Å². The molecule has 3 heteroatoms. The average Bonchev–Trinajstić information content (AvgIpc) is 2.43. The third kappa shape index (κ3) is 3.66. The Morgan fingerprint density at radius 1 is 1.05 bits per heavy atom. The molecule has 0 spiro atoms. The van der Waals surface area contributed by atoms with E-state index in [4.69, 9.17) is 4.74 Å². The molecule has 2 aromatic carbocycles. The third-order valence-electron chi connectivity index (χ3n) is 3.12. The second kappa shape index (κ2) is 6.85. The Balaban J connectivity index is 2.14. The lowest BCUT2D eigenvalue weighted by molar-refractivity contribution is -0.0129. The van der Waals surface area contributed by atoms with Crippen LogP contribution in [-0.4, -0.2) is 18.3 Å². The molecule has 0 aromatic heterocycles. The number of aliphatic hydroxyl groups is 1. The number of hydrogen-bond donors (Lipinski definition) is 1. The second-order valence-corrected chi connectivity index (χ2v) is 5.28. The summed E-state index contributed by atoms with van der Waals surface area (Å²) in [5.74, 6) is 0. The molecule has 0 radical (unpaired) electrons. The van der Waals surface area contributed by atoms with Crippen LogP contribution >= 0.6 is 15.9 Å². The molecule has 0 saturated heterocycles. The van der Waals surface area contributed by atoms with Crippen molar-refractivity contribution in [3.63, 3.8) is 0 Å². The average molecular weight is 321 g/mol. The summed E-state index contributed by atoms with van der Waals surface area (Å²) in [4.78, 5) is 0. The first-order chi connectivity index (χ1) is 9.22. The minimum absolute atomic E-state index is 0.312. The van der Waals surface area contributed by atoms with Crippen LogP contribution in [0.2, 0.25) is 0 Å². The summed E-state index contributed by atoms with van der Waals surface area (Å²) in [6.07, 6.45) is -0.339. The van der Waals surface area contributed by atoms with E-state index in [0.717, 1.165) is 15.6 Å². The van der Waals surface area contributed by atoms with E-state index in [9.17, 15) is 5.11 Å². The lowest BCUT2D eigenvalue weighted by atomic mass is 9.98. The molecule has 0 aliphatic heterocycles. The Morgan fingerprint density at radius 3 is 2.32 bits per heavy atom. The second-order valence-electron chi connectivity index (χ2n) is 4.43. The molecule has 0 amide bonds. The fourth-order valence-corrected chi connectivity index (χ4v) is 2.60. The molecule has 2 aromatic rings. The number of methoxy groups -OCH3 is 1. The van der Waals surface area contributed by atoms with Gasteiger partial charge in [0.25, 0.3) is 0 Å². The zero-order valence-corrected chi connectivity index (χ0v) is 12.4. The Morgan fingerprint density at radius 2 is 1.68 bits per heavy atom. The van der Waals surface area contributed by atoms with Crippen LogP contribution in [0.5, 0.6) is 0 Å². The normalized spacial score (nSPS) is 14.1. The largest absolute Gasteiger partial charge is 0.390 e. The summed E-state index contributed by atoms with van der Waals surface area (Å²) in [5, 5.41) is 10.4. The molecule has 2 nitrogen and oxygen atoms in total. The van der Waals surface area contributed by atoms with Crippen LogP contribution in [0, 0.1) is 0 Å². The highest BCUT2D eigenvalue weighted by atomic mass is 79.9. The van der Waals surface area contributed by atoms with Crippen molar-refractivity contribution in [2.75, 3.05) is 7.11 Å². The third-order valence-corrected chi connectivity index (χ3v) is 3.89. The van der Waals surface area contributed by atoms with Crippen LogP contribution in [0.15, 0.2) is 59.1 Å². The Hall–Kier alpha value is -1.16. The SMILES string of the molecule is COC(c1ccccc1)C(O)Cc1ccccc1Br. The number of ether oxygens (including phenoxy) is 1. The van der Waals surface area contributed by atoms with Crippen LogP contribution in [0.25, 0.3) is 0 Å². The highest BCUT2D eigenvalue weighted by Crippen LogP contribution is 2.25. The highest BCUT2D eigenvalue weighted by Gasteiger charge is 2.21. The summed E-state index contributed by atoms with van der Waals surface area (Å²) in [6, 6.07) is 17.7. The molecule has 19 heavy (non-hydrogen) atoms. The van der Waals surface area contributed by atoms with Crippen LogP contribution in [0.4, 0.5) is 0 Å². The molecular formula is C16H17BrO2. The van der Waals surface area contributed by atoms with Gasteiger partial charge in [0.15, 0.2) is 0 Å². The van der Waals surface area contributed by atoms with E-state index in [1.165, 1.54) is 0 Å². The lowest BCUT2D eigenvalue weighted by Crippen LogP contribution is -2.22. The van der Waals surface area contributed by atoms with Crippen molar-refractivity contribution >= 4 is 15.9 Å². The highest BCUT2D eigenvalue weighted by molar-refractivity contribution is 9.10. The van der Waals surface area contributed by atoms with E-state index < -0.39 is 6.10 Å². The number of hydrogen-bond acceptors (Lipinski definition) is 2. The quantitative estimate of drug-likeness (QED) is 0.909. The van der Waals surface area contributed by atoms with Gasteiger partial charge in [0.2, 0.25) is 0 Å². The van der Waals surface area contributed by atoms with Crippen molar-refractivity contribution in [3.05, 3.63) is 70.2 Å². The van der Waals surface area contributed by atoms with Gasteiger partial charge in [-0.15, -0.1) is 0 Å². The molecular weight excluding hydrogens is 304 g/mol. The van der Waals surface area contributed by atoms with Gasteiger partial charge < -0.3 is 9.84 Å². The van der Waals surface area contributed by atoms with Crippen LogP contribution in [0.1, 0.15) is 17.2 Å². The van der Waals surface area contributed by atoms with Gasteiger partial charge in [0, 0.05) is 18.0 Å². The number of halogens is 1. The Labute approximate surface area is 122 Å². The van der Waals surface area contributed by atoms with Crippen molar-refractivity contribution in [1.82, 2.24) is 0 Å². The van der Waals surface area contributed by atoms with E-state index in [1.807, 2.05) is 54.6 Å². The molecule has 1 N–H and O–H groups in total. The molecule has 2 atom stereocenters. The standard InChI is InChI=1S/C16H17BrO2/c1-19-16(12-7-3-2-4-8-12)15(18)11-13-9-5-6-10-14(13)17/h2-10,15-16,18H,11H2,1H3. The first kappa shape index (κ1) is 14.3. The van der Waals surface area contributed by atoms with E-state index in [-0.39, 0.29) is 6.10 Å². The summed E-state index contributed by atoms with van der Waals surface area (Å²) < 4.78 is 6.46. The monoisotopic (exact) mass is 320 g/mol. The van der Waals surface area contributed by atoms with Crippen molar-refractivity contribution in [1.29, 1.82) is 0 Å². The maximum Gasteiger partial charge on any atom is 0.108 e. The zero-order valence-electron chi connectivity index (χ0n) is 10.8. The number of rotatable bonds is 5. The first-order valence-electron chi connectivity index (χ1n) is 6.21. The summed E-state index contributed by atoms with van der Waals surface area (Å²) in [5.41, 5.74) is 2.07. The molecule has 0 heterocycles. The van der Waals surface area contributed by atoms with Crippen LogP contribution < -0.4 is 0 Å². The molecule has 2 unspecified atom stereocenters. The van der Waals surface area contributed by atoms with Gasteiger partial charge in [0.1, 0.15) is 6.10 Å². The Kier molecular flexibility index (Phi) is 5.14. The number of benzene rings is 2. The van der Waals surface area contributed by atoms with E-state index in [0.29, 0.717) is 6.42 Å². The predicted molar refractivity (Wildman–Crippen MR) is 80.0 cm³/mol. The van der Waals surface area contributed by atoms with Gasteiger partial charge >= 0.3 is 0 Å². The van der Waals surface area contributed by atoms with Crippen molar-refractivity contribution in [2.45, 2.75) is 18.6 Å². The van der Waals surface area contributed by atoms with E-state index in [2.05, 4.69) is 15.9 Å². The van der Waals surface area contributed by atoms with Gasteiger partial charge in [0.05, 0.1) is 6.10 Å². The molecule has 0 saturated carbocycles. The van der Waals surface area contributed by atoms with Gasteiger partial charge in [-0.2, -0.15) is 0 Å². The minimum Gasteiger partial charge on any atom is -0.390 e. The summed E-state index contributed by atoms with van der Waals surface area (Å²) >= 11 is 3.50. The summed E-state index contributed by atoms with van der Waals surface area (Å²) in [7, 11) is 1.63. The zero-order chi connectivity index (χ0) is 13.7. The predicted octanol–water partition coefficient (Wildman–Crippen LogP) is 3.74. The van der Waals surface area contributed by atoms with Gasteiger partial charge in [-0.3, -0.25) is 0 Å². The molecule has 0 fully saturated rings. The molecule has 100 valence electrons. The van der Waals surface area contributed by atoms with Crippen molar-refractivity contribution < 1.29 is 9.84 Å². The van der Waals surface area contributed by atoms with Crippen LogP contribution in [0.3, 0.4) is 0 Å². The van der Waals surface area contributed by atoms with Crippen LogP contribution in [-0.2, 0) is 11.2 Å². The van der Waals surface area contributed by atoms with Gasteiger partial charge in [-0.1, -0.05) is 64.5 Å². The molecule has 0 aliphatic carbocycles. The van der Waals surface area contributed by atoms with E-state index >= 15 is 0 Å². The van der Waals surface area contributed by atoms with Crippen molar-refractivity contribution in [2.24, 2.45) is 0 Å². The minimum atomic E-state index is -0.578. The maximum atomic E-state index is 10.4. The lowest BCUT2D eigenvalue weighted by Gasteiger charge is -2.22.